The normalized spacial score (nSPS) is 13.1. The second-order valence-corrected chi connectivity index (χ2v) is 7.35. The van der Waals surface area contributed by atoms with Crippen molar-refractivity contribution in [3.63, 3.8) is 0 Å². The Balaban J connectivity index is 2.19. The minimum absolute atomic E-state index is 0.0986. The molecule has 2 rings (SSSR count). The third kappa shape index (κ3) is 3.75. The molecule has 7 heteroatoms. The average molecular weight is 324 g/mol. The molecule has 0 fully saturated rings. The molecule has 0 aliphatic rings. The van der Waals surface area contributed by atoms with Gasteiger partial charge in [0.05, 0.1) is 10.9 Å². The van der Waals surface area contributed by atoms with Gasteiger partial charge in [-0.15, -0.1) is 11.3 Å². The van der Waals surface area contributed by atoms with Crippen LogP contribution in [-0.2, 0) is 10.0 Å². The molecule has 0 aliphatic heterocycles. The lowest BCUT2D eigenvalue weighted by molar-refractivity contribution is 0.101. The van der Waals surface area contributed by atoms with Crippen molar-refractivity contribution in [1.82, 2.24) is 9.71 Å². The molecular formula is C14H16N2O3S2. The number of aromatic nitrogens is 1. The van der Waals surface area contributed by atoms with Crippen LogP contribution in [0.3, 0.4) is 0 Å². The number of nitrogens with zero attached hydrogens (tertiary/aromatic N) is 1. The number of hydrogen-bond donors (Lipinski definition) is 1. The van der Waals surface area contributed by atoms with Crippen LogP contribution in [0.4, 0.5) is 0 Å². The fourth-order valence-electron chi connectivity index (χ4n) is 1.79. The molecule has 0 spiro atoms. The number of carbonyl (C=O) groups is 1. The lowest BCUT2D eigenvalue weighted by Gasteiger charge is -2.12. The van der Waals surface area contributed by atoms with Crippen LogP contribution in [0.2, 0.25) is 0 Å². The Morgan fingerprint density at radius 3 is 2.38 bits per heavy atom. The summed E-state index contributed by atoms with van der Waals surface area (Å²) in [6, 6.07) is 5.48. The Bertz CT molecular complexity index is 749. The molecule has 5 nitrogen and oxygen atoms in total. The fourth-order valence-corrected chi connectivity index (χ4v) is 3.88. The van der Waals surface area contributed by atoms with Crippen LogP contribution in [0.15, 0.2) is 34.5 Å². The van der Waals surface area contributed by atoms with Crippen LogP contribution in [0.1, 0.15) is 40.9 Å². The van der Waals surface area contributed by atoms with Crippen LogP contribution in [0, 0.1) is 6.92 Å². The van der Waals surface area contributed by atoms with Gasteiger partial charge in [-0.2, -0.15) is 0 Å². The number of hydrogen-bond acceptors (Lipinski definition) is 5. The second-order valence-electron chi connectivity index (χ2n) is 4.75. The molecule has 0 saturated carbocycles. The molecule has 112 valence electrons. The number of sulfonamides is 1. The largest absolute Gasteiger partial charge is 0.295 e. The third-order valence-electron chi connectivity index (χ3n) is 2.91. The van der Waals surface area contributed by atoms with E-state index in [0.29, 0.717) is 5.56 Å². The van der Waals surface area contributed by atoms with Crippen molar-refractivity contribution in [2.24, 2.45) is 0 Å². The van der Waals surface area contributed by atoms with Crippen molar-refractivity contribution in [1.29, 1.82) is 0 Å². The summed E-state index contributed by atoms with van der Waals surface area (Å²) in [5.74, 6) is -0.0986. The summed E-state index contributed by atoms with van der Waals surface area (Å²) in [6.45, 7) is 5.05. The number of rotatable bonds is 5. The summed E-state index contributed by atoms with van der Waals surface area (Å²) in [4.78, 5) is 15.6. The summed E-state index contributed by atoms with van der Waals surface area (Å²) < 4.78 is 27.2. The zero-order chi connectivity index (χ0) is 15.6. The van der Waals surface area contributed by atoms with E-state index in [1.54, 1.807) is 6.92 Å². The van der Waals surface area contributed by atoms with Crippen LogP contribution in [0.5, 0.6) is 0 Å². The highest BCUT2D eigenvalue weighted by Gasteiger charge is 2.20. The Labute approximate surface area is 128 Å². The first-order chi connectivity index (χ1) is 9.79. The van der Waals surface area contributed by atoms with Gasteiger partial charge in [-0.3, -0.25) is 4.79 Å². The van der Waals surface area contributed by atoms with Gasteiger partial charge in [0.1, 0.15) is 5.01 Å². The maximum absolute atomic E-state index is 12.3. The molecule has 2 aromatic rings. The first-order valence-electron chi connectivity index (χ1n) is 6.35. The fraction of sp³-hybridized carbons (Fsp3) is 0.286. The van der Waals surface area contributed by atoms with E-state index in [0.717, 1.165) is 10.7 Å². The Morgan fingerprint density at radius 2 is 1.90 bits per heavy atom. The molecule has 21 heavy (non-hydrogen) atoms. The van der Waals surface area contributed by atoms with Gasteiger partial charge in [0.25, 0.3) is 0 Å². The van der Waals surface area contributed by atoms with Crippen LogP contribution in [0.25, 0.3) is 0 Å². The van der Waals surface area contributed by atoms with E-state index in [9.17, 15) is 13.2 Å². The number of aryl methyl sites for hydroxylation is 1. The number of ketones is 1. The average Bonchev–Trinajstić information content (AvgIpc) is 2.85. The maximum Gasteiger partial charge on any atom is 0.241 e. The van der Waals surface area contributed by atoms with Crippen molar-refractivity contribution in [3.8, 4) is 0 Å². The molecular weight excluding hydrogens is 308 g/mol. The van der Waals surface area contributed by atoms with E-state index in [-0.39, 0.29) is 10.7 Å². The highest BCUT2D eigenvalue weighted by molar-refractivity contribution is 7.89. The molecule has 1 N–H and O–H groups in total. The zero-order valence-corrected chi connectivity index (χ0v) is 13.6. The molecule has 0 bridgehead atoms. The van der Waals surface area contributed by atoms with E-state index in [2.05, 4.69) is 9.71 Å². The third-order valence-corrected chi connectivity index (χ3v) is 5.61. The molecule has 1 atom stereocenters. The standard InChI is InChI=1S/C14H16N2O3S2/c1-9-8-20-14(15-9)10(2)16-21(18,19)13-6-4-12(5-7-13)11(3)17/h4-8,10,16H,1-3H3. The number of Topliss-reactive ketones (excluding diaryl/α,β-unsaturated/α-hetero) is 1. The first kappa shape index (κ1) is 15.8. The predicted octanol–water partition coefficient (Wildman–Crippen LogP) is 2.69. The van der Waals surface area contributed by atoms with Crippen LogP contribution < -0.4 is 4.72 Å². The maximum atomic E-state index is 12.3. The van der Waals surface area contributed by atoms with Crippen molar-refractivity contribution in [2.45, 2.75) is 31.7 Å². The van der Waals surface area contributed by atoms with Crippen molar-refractivity contribution in [3.05, 3.63) is 45.9 Å². The van der Waals surface area contributed by atoms with Crippen LogP contribution in [-0.4, -0.2) is 19.2 Å². The van der Waals surface area contributed by atoms with Gasteiger partial charge in [0, 0.05) is 16.6 Å². The summed E-state index contributed by atoms with van der Waals surface area (Å²) in [6.07, 6.45) is 0. The number of thiazole rings is 1. The van der Waals surface area contributed by atoms with Gasteiger partial charge < -0.3 is 0 Å². The molecule has 0 aliphatic carbocycles. The van der Waals surface area contributed by atoms with Gasteiger partial charge in [-0.1, -0.05) is 12.1 Å². The van der Waals surface area contributed by atoms with E-state index in [4.69, 9.17) is 0 Å². The Morgan fingerprint density at radius 1 is 1.29 bits per heavy atom. The molecule has 0 radical (unpaired) electrons. The molecule has 0 saturated heterocycles. The molecule has 1 aromatic heterocycles. The quantitative estimate of drug-likeness (QED) is 0.858. The van der Waals surface area contributed by atoms with Crippen molar-refractivity contribution < 1.29 is 13.2 Å². The van der Waals surface area contributed by atoms with Gasteiger partial charge in [-0.05, 0) is 32.9 Å². The van der Waals surface area contributed by atoms with Crippen molar-refractivity contribution >= 4 is 27.1 Å². The monoisotopic (exact) mass is 324 g/mol. The Kier molecular flexibility index (Phi) is 4.55. The smallest absolute Gasteiger partial charge is 0.241 e. The van der Waals surface area contributed by atoms with E-state index in [1.165, 1.54) is 42.5 Å². The first-order valence-corrected chi connectivity index (χ1v) is 8.71. The Hall–Kier alpha value is -1.57. The topological polar surface area (TPSA) is 76.1 Å². The van der Waals surface area contributed by atoms with Gasteiger partial charge >= 0.3 is 0 Å². The summed E-state index contributed by atoms with van der Waals surface area (Å²) >= 11 is 1.42. The zero-order valence-electron chi connectivity index (χ0n) is 12.0. The summed E-state index contributed by atoms with van der Waals surface area (Å²) in [5.41, 5.74) is 1.35. The molecule has 1 unspecified atom stereocenters. The lowest BCUT2D eigenvalue weighted by atomic mass is 10.2. The molecule has 1 aromatic carbocycles. The minimum Gasteiger partial charge on any atom is -0.295 e. The number of benzene rings is 1. The number of nitrogens with one attached hydrogen (secondary N) is 1. The highest BCUT2D eigenvalue weighted by Crippen LogP contribution is 2.20. The minimum atomic E-state index is -3.64. The predicted molar refractivity (Wildman–Crippen MR) is 82.0 cm³/mol. The van der Waals surface area contributed by atoms with Crippen molar-refractivity contribution in [2.75, 3.05) is 0 Å². The summed E-state index contributed by atoms with van der Waals surface area (Å²) in [7, 11) is -3.64. The highest BCUT2D eigenvalue weighted by atomic mass is 32.2. The molecule has 1 heterocycles. The van der Waals surface area contributed by atoms with E-state index < -0.39 is 16.1 Å². The van der Waals surface area contributed by atoms with Gasteiger partial charge in [0.15, 0.2) is 5.78 Å². The van der Waals surface area contributed by atoms with Gasteiger partial charge in [-0.25, -0.2) is 18.1 Å². The second kappa shape index (κ2) is 6.05. The lowest BCUT2D eigenvalue weighted by Crippen LogP contribution is -2.26. The van der Waals surface area contributed by atoms with Crippen LogP contribution >= 0.6 is 11.3 Å². The van der Waals surface area contributed by atoms with E-state index in [1.807, 2.05) is 12.3 Å². The van der Waals surface area contributed by atoms with E-state index >= 15 is 0 Å². The number of carbonyl (C=O) groups excluding carboxylic acids is 1. The summed E-state index contributed by atoms with van der Waals surface area (Å²) in [5, 5.41) is 2.60. The van der Waals surface area contributed by atoms with Gasteiger partial charge in [0.2, 0.25) is 10.0 Å². The molecule has 0 amide bonds. The SMILES string of the molecule is CC(=O)c1ccc(S(=O)(=O)NC(C)c2nc(C)cs2)cc1.